The molecule has 0 spiro atoms. The predicted molar refractivity (Wildman–Crippen MR) is 116 cm³/mol. The molecule has 0 aromatic heterocycles. The van der Waals surface area contributed by atoms with Crippen LogP contribution >= 0.6 is 0 Å². The molecule has 0 saturated heterocycles. The Morgan fingerprint density at radius 2 is 1.45 bits per heavy atom. The van der Waals surface area contributed by atoms with E-state index in [2.05, 4.69) is 5.92 Å². The van der Waals surface area contributed by atoms with E-state index in [1.165, 1.54) is 0 Å². The first-order valence-electron chi connectivity index (χ1n) is 9.75. The van der Waals surface area contributed by atoms with E-state index in [0.29, 0.717) is 18.8 Å². The van der Waals surface area contributed by atoms with Crippen LogP contribution in [0.4, 0.5) is 0 Å². The molecule has 3 aromatic carbocycles. The van der Waals surface area contributed by atoms with Crippen molar-refractivity contribution >= 4 is 11.7 Å². The van der Waals surface area contributed by atoms with Crippen LogP contribution in [0.2, 0.25) is 0 Å². The van der Waals surface area contributed by atoms with Crippen molar-refractivity contribution in [3.63, 3.8) is 0 Å². The maximum absolute atomic E-state index is 13.6. The van der Waals surface area contributed by atoms with Gasteiger partial charge in [-0.1, -0.05) is 91.0 Å². The highest BCUT2D eigenvalue weighted by molar-refractivity contribution is 6.10. The molecular formula is C26H22N2O. The van der Waals surface area contributed by atoms with Crippen molar-refractivity contribution in [3.05, 3.63) is 108 Å². The van der Waals surface area contributed by atoms with E-state index in [4.69, 9.17) is 11.4 Å². The summed E-state index contributed by atoms with van der Waals surface area (Å²) in [7, 11) is 0. The summed E-state index contributed by atoms with van der Waals surface area (Å²) in [6.07, 6.45) is 5.99. The summed E-state index contributed by atoms with van der Waals surface area (Å²) in [5.74, 6) is 3.03. The van der Waals surface area contributed by atoms with E-state index in [1.807, 2.05) is 91.0 Å². The molecule has 2 atom stereocenters. The Kier molecular flexibility index (Phi) is 5.54. The van der Waals surface area contributed by atoms with Crippen LogP contribution < -0.4 is 0 Å². The number of terminal acetylenes is 1. The first kappa shape index (κ1) is 18.7. The van der Waals surface area contributed by atoms with Crippen LogP contribution in [0.15, 0.2) is 96.0 Å². The topological polar surface area (TPSA) is 32.7 Å². The summed E-state index contributed by atoms with van der Waals surface area (Å²) in [5, 5.41) is 0. The number of aliphatic imine (C=N–C) groups is 1. The van der Waals surface area contributed by atoms with Crippen LogP contribution in [0, 0.1) is 18.3 Å². The molecule has 0 saturated carbocycles. The minimum absolute atomic E-state index is 0.0227. The summed E-state index contributed by atoms with van der Waals surface area (Å²) in [5.41, 5.74) is 2.99. The zero-order valence-electron chi connectivity index (χ0n) is 16.1. The lowest BCUT2D eigenvalue weighted by Crippen LogP contribution is -2.46. The lowest BCUT2D eigenvalue weighted by atomic mass is 9.87. The molecule has 0 aliphatic carbocycles. The van der Waals surface area contributed by atoms with Gasteiger partial charge in [-0.25, -0.2) is 0 Å². The van der Waals surface area contributed by atoms with Gasteiger partial charge in [-0.15, -0.1) is 12.3 Å². The second-order valence-corrected chi connectivity index (χ2v) is 7.10. The smallest absolute Gasteiger partial charge is 0.235 e. The van der Waals surface area contributed by atoms with Gasteiger partial charge < -0.3 is 0 Å². The molecule has 142 valence electrons. The van der Waals surface area contributed by atoms with Crippen molar-refractivity contribution in [2.24, 2.45) is 10.9 Å². The summed E-state index contributed by atoms with van der Waals surface area (Å²) in [4.78, 5) is 20.5. The third-order valence-corrected chi connectivity index (χ3v) is 5.18. The Balaban J connectivity index is 1.83. The number of benzene rings is 3. The molecule has 0 fully saturated rings. The largest absolute Gasteiger partial charge is 0.292 e. The predicted octanol–water partition coefficient (Wildman–Crippen LogP) is 4.86. The van der Waals surface area contributed by atoms with Gasteiger partial charge in [0, 0.05) is 12.0 Å². The number of carbonyl (C=O) groups is 1. The molecule has 29 heavy (non-hydrogen) atoms. The molecular weight excluding hydrogens is 356 g/mol. The van der Waals surface area contributed by atoms with Gasteiger partial charge in [0.2, 0.25) is 5.91 Å². The van der Waals surface area contributed by atoms with Crippen LogP contribution in [0.3, 0.4) is 0 Å². The zero-order chi connectivity index (χ0) is 20.1. The van der Waals surface area contributed by atoms with Gasteiger partial charge in [-0.2, -0.15) is 0 Å². The van der Waals surface area contributed by atoms with Gasteiger partial charge in [-0.3, -0.25) is 14.7 Å². The monoisotopic (exact) mass is 378 g/mol. The lowest BCUT2D eigenvalue weighted by Gasteiger charge is -2.36. The van der Waals surface area contributed by atoms with Gasteiger partial charge in [-0.05, 0) is 11.1 Å². The third kappa shape index (κ3) is 3.97. The fourth-order valence-electron chi connectivity index (χ4n) is 3.75. The Hall–Kier alpha value is -3.64. The fraction of sp³-hybridized carbons (Fsp3) is 0.154. The molecule has 1 aliphatic heterocycles. The molecule has 1 heterocycles. The first-order chi connectivity index (χ1) is 14.3. The van der Waals surface area contributed by atoms with Crippen molar-refractivity contribution in [1.82, 2.24) is 4.90 Å². The van der Waals surface area contributed by atoms with Crippen LogP contribution in [-0.4, -0.2) is 16.6 Å². The number of amidine groups is 1. The Labute approximate surface area is 171 Å². The molecule has 4 rings (SSSR count). The molecule has 3 nitrogen and oxygen atoms in total. The standard InChI is InChI=1S/C26H22N2O/c1-2-12-23-24(21-15-8-4-9-16-21)27-25(22-17-10-5-11-18-22)28(26(23)29)19-20-13-6-3-7-14-20/h1,3-11,13-18,23-24H,12,19H2/t23-,24-/m1/s1. The lowest BCUT2D eigenvalue weighted by molar-refractivity contribution is -0.133. The minimum atomic E-state index is -0.376. The number of carbonyl (C=O) groups excluding carboxylic acids is 1. The first-order valence-corrected chi connectivity index (χ1v) is 9.75. The SMILES string of the molecule is C#CC[C@H]1C(=O)N(Cc2ccccc2)C(c2ccccc2)=N[C@@H]1c1ccccc1. The van der Waals surface area contributed by atoms with Gasteiger partial charge in [0.1, 0.15) is 5.84 Å². The molecule has 0 N–H and O–H groups in total. The quantitative estimate of drug-likeness (QED) is 0.584. The summed E-state index contributed by atoms with van der Waals surface area (Å²) in [6.45, 7) is 0.468. The number of hydrogen-bond donors (Lipinski definition) is 0. The van der Waals surface area contributed by atoms with E-state index >= 15 is 0 Å². The van der Waals surface area contributed by atoms with Gasteiger partial charge in [0.05, 0.1) is 18.5 Å². The molecule has 1 aliphatic rings. The maximum Gasteiger partial charge on any atom is 0.235 e. The zero-order valence-corrected chi connectivity index (χ0v) is 16.1. The second-order valence-electron chi connectivity index (χ2n) is 7.10. The molecule has 3 heteroatoms. The van der Waals surface area contributed by atoms with E-state index in [0.717, 1.165) is 16.7 Å². The van der Waals surface area contributed by atoms with Crippen molar-refractivity contribution in [3.8, 4) is 12.3 Å². The third-order valence-electron chi connectivity index (χ3n) is 5.18. The molecule has 0 unspecified atom stereocenters. The highest BCUT2D eigenvalue weighted by atomic mass is 16.2. The normalized spacial score (nSPS) is 18.8. The van der Waals surface area contributed by atoms with Crippen LogP contribution in [0.1, 0.15) is 29.2 Å². The maximum atomic E-state index is 13.6. The summed E-state index contributed by atoms with van der Waals surface area (Å²) < 4.78 is 0. The average molecular weight is 378 g/mol. The van der Waals surface area contributed by atoms with Crippen molar-refractivity contribution < 1.29 is 4.79 Å². The Morgan fingerprint density at radius 3 is 2.07 bits per heavy atom. The number of amides is 1. The van der Waals surface area contributed by atoms with E-state index in [-0.39, 0.29) is 17.9 Å². The second kappa shape index (κ2) is 8.58. The van der Waals surface area contributed by atoms with Crippen LogP contribution in [0.25, 0.3) is 0 Å². The number of nitrogens with zero attached hydrogens (tertiary/aromatic N) is 2. The molecule has 1 amide bonds. The Bertz CT molecular complexity index is 1040. The van der Waals surface area contributed by atoms with Crippen LogP contribution in [-0.2, 0) is 11.3 Å². The number of hydrogen-bond acceptors (Lipinski definition) is 2. The minimum Gasteiger partial charge on any atom is -0.292 e. The fourth-order valence-corrected chi connectivity index (χ4v) is 3.75. The van der Waals surface area contributed by atoms with E-state index in [1.54, 1.807) is 4.90 Å². The van der Waals surface area contributed by atoms with Crippen molar-refractivity contribution in [2.45, 2.75) is 19.0 Å². The highest BCUT2D eigenvalue weighted by Crippen LogP contribution is 2.35. The Morgan fingerprint density at radius 1 is 0.862 bits per heavy atom. The average Bonchev–Trinajstić information content (AvgIpc) is 2.78. The van der Waals surface area contributed by atoms with Crippen LogP contribution in [0.5, 0.6) is 0 Å². The summed E-state index contributed by atoms with van der Waals surface area (Å²) in [6, 6.07) is 29.5. The van der Waals surface area contributed by atoms with E-state index < -0.39 is 0 Å². The molecule has 0 radical (unpaired) electrons. The molecule has 0 bridgehead atoms. The van der Waals surface area contributed by atoms with Gasteiger partial charge in [0.15, 0.2) is 0 Å². The highest BCUT2D eigenvalue weighted by Gasteiger charge is 2.39. The van der Waals surface area contributed by atoms with Crippen molar-refractivity contribution in [1.29, 1.82) is 0 Å². The van der Waals surface area contributed by atoms with Gasteiger partial charge in [0.25, 0.3) is 0 Å². The van der Waals surface area contributed by atoms with Gasteiger partial charge >= 0.3 is 0 Å². The number of rotatable bonds is 5. The summed E-state index contributed by atoms with van der Waals surface area (Å²) >= 11 is 0. The molecule has 3 aromatic rings. The van der Waals surface area contributed by atoms with Crippen molar-refractivity contribution in [2.75, 3.05) is 0 Å². The van der Waals surface area contributed by atoms with E-state index in [9.17, 15) is 4.79 Å².